The Hall–Kier alpha value is -3.60. The number of carbonyl (C=O) groups is 2. The molecule has 28 heavy (non-hydrogen) atoms. The van der Waals surface area contributed by atoms with E-state index in [4.69, 9.17) is 4.74 Å². The summed E-state index contributed by atoms with van der Waals surface area (Å²) in [5.41, 5.74) is 2.42. The van der Waals surface area contributed by atoms with E-state index in [0.29, 0.717) is 24.4 Å². The van der Waals surface area contributed by atoms with Gasteiger partial charge in [0.1, 0.15) is 5.75 Å². The van der Waals surface area contributed by atoms with Crippen molar-refractivity contribution in [1.82, 2.24) is 10.6 Å². The van der Waals surface area contributed by atoms with Crippen molar-refractivity contribution in [3.63, 3.8) is 0 Å². The van der Waals surface area contributed by atoms with Crippen molar-refractivity contribution in [1.29, 1.82) is 0 Å². The third-order valence-corrected chi connectivity index (χ3v) is 4.12. The van der Waals surface area contributed by atoms with E-state index >= 15 is 0 Å². The van der Waals surface area contributed by atoms with Gasteiger partial charge in [0.2, 0.25) is 0 Å². The van der Waals surface area contributed by atoms with Gasteiger partial charge in [-0.25, -0.2) is 0 Å². The van der Waals surface area contributed by atoms with Crippen molar-refractivity contribution < 1.29 is 14.3 Å². The number of hydrogen-bond donors (Lipinski definition) is 2. The summed E-state index contributed by atoms with van der Waals surface area (Å²) in [5.74, 6) is -0.115. The molecular formula is C23H22N2O3. The fraction of sp³-hybridized carbons (Fsp3) is 0.130. The summed E-state index contributed by atoms with van der Waals surface area (Å²) in [5, 5.41) is 5.67. The summed E-state index contributed by atoms with van der Waals surface area (Å²) < 4.78 is 5.59. The molecule has 5 heteroatoms. The molecule has 0 fully saturated rings. The van der Waals surface area contributed by atoms with Crippen LogP contribution in [0.3, 0.4) is 0 Å². The predicted octanol–water partition coefficient (Wildman–Crippen LogP) is 3.31. The maximum absolute atomic E-state index is 12.5. The van der Waals surface area contributed by atoms with E-state index in [1.807, 2.05) is 60.7 Å². The lowest BCUT2D eigenvalue weighted by Crippen LogP contribution is -2.29. The third kappa shape index (κ3) is 5.71. The number of hydrogen-bond acceptors (Lipinski definition) is 3. The van der Waals surface area contributed by atoms with Crippen LogP contribution in [0.25, 0.3) is 0 Å². The van der Waals surface area contributed by atoms with Crippen molar-refractivity contribution in [3.8, 4) is 5.75 Å². The largest absolute Gasteiger partial charge is 0.483 e. The van der Waals surface area contributed by atoms with Gasteiger partial charge in [-0.2, -0.15) is 0 Å². The first-order valence-electron chi connectivity index (χ1n) is 9.07. The second kappa shape index (κ2) is 9.92. The fourth-order valence-electron chi connectivity index (χ4n) is 2.64. The minimum atomic E-state index is -0.247. The fourth-order valence-corrected chi connectivity index (χ4v) is 2.64. The Kier molecular flexibility index (Phi) is 6.79. The van der Waals surface area contributed by atoms with Crippen LogP contribution in [-0.4, -0.2) is 18.4 Å². The van der Waals surface area contributed by atoms with E-state index < -0.39 is 0 Å². The zero-order chi connectivity index (χ0) is 19.6. The molecule has 2 amide bonds. The summed E-state index contributed by atoms with van der Waals surface area (Å²) in [6, 6.07) is 26.2. The number of rotatable bonds is 8. The molecule has 0 aliphatic rings. The predicted molar refractivity (Wildman–Crippen MR) is 108 cm³/mol. The normalized spacial score (nSPS) is 10.1. The Morgan fingerprint density at radius 1 is 0.679 bits per heavy atom. The van der Waals surface area contributed by atoms with Crippen LogP contribution >= 0.6 is 0 Å². The van der Waals surface area contributed by atoms with Gasteiger partial charge >= 0.3 is 0 Å². The van der Waals surface area contributed by atoms with Gasteiger partial charge in [0.25, 0.3) is 11.8 Å². The van der Waals surface area contributed by atoms with Crippen molar-refractivity contribution in [2.45, 2.75) is 13.1 Å². The maximum Gasteiger partial charge on any atom is 0.258 e. The molecule has 0 aliphatic carbocycles. The number of amides is 2. The van der Waals surface area contributed by atoms with E-state index in [-0.39, 0.29) is 18.4 Å². The number of ether oxygens (including phenoxy) is 1. The van der Waals surface area contributed by atoms with Crippen LogP contribution < -0.4 is 15.4 Å². The highest BCUT2D eigenvalue weighted by molar-refractivity contribution is 5.97. The number of carbonyl (C=O) groups excluding carboxylic acids is 2. The van der Waals surface area contributed by atoms with Gasteiger partial charge in [0.15, 0.2) is 6.61 Å². The van der Waals surface area contributed by atoms with Crippen molar-refractivity contribution in [3.05, 3.63) is 102 Å². The Balaban J connectivity index is 1.53. The van der Waals surface area contributed by atoms with Gasteiger partial charge in [-0.15, -0.1) is 0 Å². The van der Waals surface area contributed by atoms with Gasteiger partial charge in [-0.3, -0.25) is 9.59 Å². The molecular weight excluding hydrogens is 352 g/mol. The van der Waals surface area contributed by atoms with E-state index in [1.54, 1.807) is 24.3 Å². The Morgan fingerprint density at radius 3 is 1.86 bits per heavy atom. The first-order valence-corrected chi connectivity index (χ1v) is 9.07. The van der Waals surface area contributed by atoms with E-state index in [2.05, 4.69) is 10.6 Å². The molecule has 0 saturated heterocycles. The molecule has 2 N–H and O–H groups in total. The van der Waals surface area contributed by atoms with Crippen LogP contribution in [0.15, 0.2) is 84.9 Å². The van der Waals surface area contributed by atoms with Gasteiger partial charge in [-0.1, -0.05) is 72.8 Å². The molecule has 3 aromatic carbocycles. The minimum Gasteiger partial charge on any atom is -0.483 e. The lowest BCUT2D eigenvalue weighted by molar-refractivity contribution is -0.123. The third-order valence-electron chi connectivity index (χ3n) is 4.12. The summed E-state index contributed by atoms with van der Waals surface area (Å²) in [6.07, 6.45) is 0. The zero-order valence-corrected chi connectivity index (χ0v) is 15.4. The van der Waals surface area contributed by atoms with Crippen molar-refractivity contribution in [2.24, 2.45) is 0 Å². The minimum absolute atomic E-state index is 0.157. The monoisotopic (exact) mass is 374 g/mol. The molecule has 0 saturated carbocycles. The zero-order valence-electron chi connectivity index (χ0n) is 15.4. The van der Waals surface area contributed by atoms with Crippen LogP contribution in [0.1, 0.15) is 21.5 Å². The van der Waals surface area contributed by atoms with Gasteiger partial charge in [-0.05, 0) is 23.3 Å². The molecule has 142 valence electrons. The average molecular weight is 374 g/mol. The summed E-state index contributed by atoms with van der Waals surface area (Å²) >= 11 is 0. The smallest absolute Gasteiger partial charge is 0.258 e. The second-order valence-corrected chi connectivity index (χ2v) is 6.22. The summed E-state index contributed by atoms with van der Waals surface area (Å²) in [7, 11) is 0. The SMILES string of the molecule is O=C(COc1ccccc1C(=O)NCc1ccccc1)NCc1ccccc1. The standard InChI is InChI=1S/C23H22N2O3/c26-22(24-15-18-9-3-1-4-10-18)17-28-21-14-8-7-13-20(21)23(27)25-16-19-11-5-2-6-12-19/h1-14H,15-17H2,(H,24,26)(H,25,27). The molecule has 0 spiro atoms. The van der Waals surface area contributed by atoms with Gasteiger partial charge in [0, 0.05) is 13.1 Å². The number of nitrogens with one attached hydrogen (secondary N) is 2. The van der Waals surface area contributed by atoms with Crippen LogP contribution in [0.4, 0.5) is 0 Å². The van der Waals surface area contributed by atoms with Crippen LogP contribution in [0.5, 0.6) is 5.75 Å². The molecule has 0 heterocycles. The molecule has 0 aromatic heterocycles. The van der Waals surface area contributed by atoms with Crippen LogP contribution in [0.2, 0.25) is 0 Å². The number of para-hydroxylation sites is 1. The van der Waals surface area contributed by atoms with Crippen LogP contribution in [0, 0.1) is 0 Å². The molecule has 3 rings (SSSR count). The number of benzene rings is 3. The lowest BCUT2D eigenvalue weighted by Gasteiger charge is -2.12. The Bertz CT molecular complexity index is 911. The van der Waals surface area contributed by atoms with Crippen LogP contribution in [-0.2, 0) is 17.9 Å². The molecule has 0 aliphatic heterocycles. The van der Waals surface area contributed by atoms with Gasteiger partial charge in [0.05, 0.1) is 5.56 Å². The first kappa shape index (κ1) is 19.2. The highest BCUT2D eigenvalue weighted by Crippen LogP contribution is 2.18. The first-order chi connectivity index (χ1) is 13.7. The average Bonchev–Trinajstić information content (AvgIpc) is 2.76. The summed E-state index contributed by atoms with van der Waals surface area (Å²) in [4.78, 5) is 24.5. The molecule has 3 aromatic rings. The molecule has 0 atom stereocenters. The molecule has 0 unspecified atom stereocenters. The lowest BCUT2D eigenvalue weighted by atomic mass is 10.1. The molecule has 5 nitrogen and oxygen atoms in total. The van der Waals surface area contributed by atoms with E-state index in [0.717, 1.165) is 11.1 Å². The highest BCUT2D eigenvalue weighted by atomic mass is 16.5. The topological polar surface area (TPSA) is 67.4 Å². The maximum atomic E-state index is 12.5. The van der Waals surface area contributed by atoms with Gasteiger partial charge < -0.3 is 15.4 Å². The highest BCUT2D eigenvalue weighted by Gasteiger charge is 2.13. The Morgan fingerprint density at radius 2 is 1.21 bits per heavy atom. The molecule has 0 bridgehead atoms. The quantitative estimate of drug-likeness (QED) is 0.636. The van der Waals surface area contributed by atoms with Crippen molar-refractivity contribution >= 4 is 11.8 Å². The second-order valence-electron chi connectivity index (χ2n) is 6.22. The van der Waals surface area contributed by atoms with E-state index in [1.165, 1.54) is 0 Å². The van der Waals surface area contributed by atoms with Crippen molar-refractivity contribution in [2.75, 3.05) is 6.61 Å². The molecule has 0 radical (unpaired) electrons. The summed E-state index contributed by atoms with van der Waals surface area (Å²) in [6.45, 7) is 0.698. The van der Waals surface area contributed by atoms with E-state index in [9.17, 15) is 9.59 Å². The Labute approximate surface area is 164 Å².